The largest absolute Gasteiger partial charge is 0.378 e. The molecule has 8 heteroatoms. The number of benzene rings is 1. The van der Waals surface area contributed by atoms with Crippen LogP contribution >= 0.6 is 22.9 Å². The monoisotopic (exact) mass is 405 g/mol. The molecule has 27 heavy (non-hydrogen) atoms. The first-order chi connectivity index (χ1) is 13.1. The molecule has 1 N–H and O–H groups in total. The fourth-order valence-corrected chi connectivity index (χ4v) is 4.18. The molecule has 1 aliphatic rings. The van der Waals surface area contributed by atoms with Gasteiger partial charge in [0.25, 0.3) is 5.91 Å². The first kappa shape index (κ1) is 18.2. The summed E-state index contributed by atoms with van der Waals surface area (Å²) in [6, 6.07) is 8.33. The maximum absolute atomic E-state index is 13.3. The van der Waals surface area contributed by atoms with Crippen molar-refractivity contribution >= 4 is 44.7 Å². The Morgan fingerprint density at radius 1 is 1.30 bits per heavy atom. The molecule has 1 aromatic carbocycles. The van der Waals surface area contributed by atoms with Gasteiger partial charge < -0.3 is 15.0 Å². The third-order valence-corrected chi connectivity index (χ3v) is 5.75. The number of ether oxygens (including phenoxy) is 1. The molecule has 0 atom stereocenters. The zero-order valence-electron chi connectivity index (χ0n) is 14.4. The number of thiophene rings is 1. The first-order valence-electron chi connectivity index (χ1n) is 8.54. The van der Waals surface area contributed by atoms with E-state index < -0.39 is 0 Å². The van der Waals surface area contributed by atoms with Crippen molar-refractivity contribution in [3.63, 3.8) is 0 Å². The van der Waals surface area contributed by atoms with Crippen LogP contribution in [0.5, 0.6) is 0 Å². The van der Waals surface area contributed by atoms with Crippen molar-refractivity contribution in [3.05, 3.63) is 57.8 Å². The number of halogens is 2. The third kappa shape index (κ3) is 4.05. The number of nitrogens with one attached hydrogen (secondary N) is 1. The number of nitrogens with zero attached hydrogens (tertiary/aromatic N) is 2. The minimum atomic E-state index is -0.245. The molecule has 0 unspecified atom stereocenters. The van der Waals surface area contributed by atoms with Gasteiger partial charge in [-0.05, 0) is 35.7 Å². The molecule has 4 rings (SSSR count). The molecule has 3 heterocycles. The van der Waals surface area contributed by atoms with E-state index in [1.54, 1.807) is 28.4 Å². The van der Waals surface area contributed by atoms with E-state index in [0.29, 0.717) is 49.3 Å². The number of morpholine rings is 1. The van der Waals surface area contributed by atoms with Crippen molar-refractivity contribution in [2.45, 2.75) is 6.54 Å². The highest BCUT2D eigenvalue weighted by Gasteiger charge is 2.19. The lowest BCUT2D eigenvalue weighted by Crippen LogP contribution is -2.40. The lowest BCUT2D eigenvalue weighted by Gasteiger charge is -2.26. The van der Waals surface area contributed by atoms with Gasteiger partial charge in [-0.3, -0.25) is 4.79 Å². The summed E-state index contributed by atoms with van der Waals surface area (Å²) in [6.07, 6.45) is 1.53. The lowest BCUT2D eigenvalue weighted by atomic mass is 10.2. The molecule has 0 aliphatic carbocycles. The number of pyridine rings is 1. The maximum Gasteiger partial charge on any atom is 0.255 e. The molecule has 1 aliphatic heterocycles. The molecule has 1 saturated heterocycles. The van der Waals surface area contributed by atoms with Gasteiger partial charge in [-0.25, -0.2) is 9.37 Å². The Bertz CT molecular complexity index is 988. The normalized spacial score (nSPS) is 14.5. The molecule has 1 fully saturated rings. The van der Waals surface area contributed by atoms with Crippen molar-refractivity contribution in [1.82, 2.24) is 9.88 Å². The molecule has 140 valence electrons. The molecule has 0 saturated carbocycles. The Kier molecular flexibility index (Phi) is 5.24. The number of carbonyl (C=O) groups excluding carboxylic acids is 1. The number of fused-ring (bicyclic) bond motifs is 1. The summed E-state index contributed by atoms with van der Waals surface area (Å²) in [5, 5.41) is 4.45. The van der Waals surface area contributed by atoms with E-state index in [2.05, 4.69) is 10.3 Å². The number of hydrogen-bond donors (Lipinski definition) is 1. The highest BCUT2D eigenvalue weighted by molar-refractivity contribution is 7.19. The lowest BCUT2D eigenvalue weighted by molar-refractivity contribution is 0.0302. The average molecular weight is 406 g/mol. The number of hydrogen-bond acceptors (Lipinski definition) is 5. The highest BCUT2D eigenvalue weighted by atomic mass is 35.5. The third-order valence-electron chi connectivity index (χ3n) is 4.35. The fourth-order valence-electron chi connectivity index (χ4n) is 2.96. The van der Waals surface area contributed by atoms with Crippen LogP contribution in [-0.2, 0) is 11.3 Å². The Labute approximate surface area is 164 Å². The molecule has 0 radical (unpaired) electrons. The predicted octanol–water partition coefficient (Wildman–Crippen LogP) is 4.17. The van der Waals surface area contributed by atoms with Crippen LogP contribution in [0.4, 0.5) is 10.2 Å². The van der Waals surface area contributed by atoms with Crippen molar-refractivity contribution < 1.29 is 13.9 Å². The molecule has 0 spiro atoms. The van der Waals surface area contributed by atoms with Gasteiger partial charge in [0.1, 0.15) is 11.6 Å². The molecule has 3 aromatic rings. The van der Waals surface area contributed by atoms with Gasteiger partial charge in [0.15, 0.2) is 0 Å². The summed E-state index contributed by atoms with van der Waals surface area (Å²) >= 11 is 7.90. The van der Waals surface area contributed by atoms with Crippen LogP contribution < -0.4 is 5.32 Å². The van der Waals surface area contributed by atoms with Gasteiger partial charge in [0.2, 0.25) is 0 Å². The van der Waals surface area contributed by atoms with Crippen LogP contribution in [0.3, 0.4) is 0 Å². The van der Waals surface area contributed by atoms with E-state index in [1.165, 1.54) is 18.3 Å². The summed E-state index contributed by atoms with van der Waals surface area (Å²) in [6.45, 7) is 2.76. The average Bonchev–Trinajstić information content (AvgIpc) is 3.09. The number of carbonyl (C=O) groups is 1. The number of rotatable bonds is 4. The molecular formula is C19H17ClFN3O2S. The maximum atomic E-state index is 13.3. The predicted molar refractivity (Wildman–Crippen MR) is 105 cm³/mol. The smallest absolute Gasteiger partial charge is 0.255 e. The first-order valence-corrected chi connectivity index (χ1v) is 9.74. The Morgan fingerprint density at radius 3 is 2.89 bits per heavy atom. The van der Waals surface area contributed by atoms with Crippen LogP contribution in [0.25, 0.3) is 10.1 Å². The summed E-state index contributed by atoms with van der Waals surface area (Å²) < 4.78 is 19.6. The van der Waals surface area contributed by atoms with Crippen LogP contribution in [0, 0.1) is 5.82 Å². The minimum Gasteiger partial charge on any atom is -0.378 e. The minimum absolute atomic E-state index is 0.0919. The fraction of sp³-hybridized carbons (Fsp3) is 0.263. The van der Waals surface area contributed by atoms with Gasteiger partial charge in [-0.1, -0.05) is 11.6 Å². The van der Waals surface area contributed by atoms with Crippen molar-refractivity contribution in [3.8, 4) is 0 Å². The van der Waals surface area contributed by atoms with Gasteiger partial charge in [-0.2, -0.15) is 0 Å². The van der Waals surface area contributed by atoms with E-state index in [0.717, 1.165) is 15.0 Å². The number of amides is 1. The second-order valence-corrected chi connectivity index (χ2v) is 7.78. The zero-order chi connectivity index (χ0) is 18.8. The Balaban J connectivity index is 1.45. The molecular weight excluding hydrogens is 389 g/mol. The number of anilines is 1. The topological polar surface area (TPSA) is 54.5 Å². The summed E-state index contributed by atoms with van der Waals surface area (Å²) in [7, 11) is 0. The van der Waals surface area contributed by atoms with Gasteiger partial charge in [0, 0.05) is 28.9 Å². The summed E-state index contributed by atoms with van der Waals surface area (Å²) in [4.78, 5) is 19.6. The van der Waals surface area contributed by atoms with E-state index in [-0.39, 0.29) is 11.7 Å². The number of aromatic nitrogens is 1. The highest BCUT2D eigenvalue weighted by Crippen LogP contribution is 2.28. The second-order valence-electron chi connectivity index (χ2n) is 6.21. The van der Waals surface area contributed by atoms with E-state index in [9.17, 15) is 9.18 Å². The van der Waals surface area contributed by atoms with Crippen LogP contribution in [0.1, 0.15) is 15.2 Å². The summed E-state index contributed by atoms with van der Waals surface area (Å²) in [5.74, 6) is 0.176. The SMILES string of the molecule is O=C(c1cnc(NCc2cc3cc(F)ccc3s2)c(Cl)c1)N1CCOCC1. The zero-order valence-corrected chi connectivity index (χ0v) is 15.9. The van der Waals surface area contributed by atoms with Crippen molar-refractivity contribution in [2.24, 2.45) is 0 Å². The standard InChI is InChI=1S/C19H17ClFN3O2S/c20-16-9-13(19(25)24-3-5-26-6-4-24)10-22-18(16)23-11-15-8-12-7-14(21)1-2-17(12)27-15/h1-2,7-10H,3-6,11H2,(H,22,23). The quantitative estimate of drug-likeness (QED) is 0.707. The summed E-state index contributed by atoms with van der Waals surface area (Å²) in [5.41, 5.74) is 0.463. The van der Waals surface area contributed by atoms with Gasteiger partial charge >= 0.3 is 0 Å². The second kappa shape index (κ2) is 7.80. The molecule has 5 nitrogen and oxygen atoms in total. The van der Waals surface area contributed by atoms with E-state index in [4.69, 9.17) is 16.3 Å². The van der Waals surface area contributed by atoms with Crippen LogP contribution in [-0.4, -0.2) is 42.1 Å². The van der Waals surface area contributed by atoms with Crippen LogP contribution in [0.15, 0.2) is 36.5 Å². The van der Waals surface area contributed by atoms with Crippen molar-refractivity contribution in [1.29, 1.82) is 0 Å². The Morgan fingerprint density at radius 2 is 2.11 bits per heavy atom. The van der Waals surface area contributed by atoms with E-state index in [1.807, 2.05) is 6.07 Å². The molecule has 2 aromatic heterocycles. The van der Waals surface area contributed by atoms with Gasteiger partial charge in [0.05, 0.1) is 30.3 Å². The van der Waals surface area contributed by atoms with Gasteiger partial charge in [-0.15, -0.1) is 11.3 Å². The van der Waals surface area contributed by atoms with Crippen molar-refractivity contribution in [2.75, 3.05) is 31.6 Å². The van der Waals surface area contributed by atoms with E-state index >= 15 is 0 Å². The van der Waals surface area contributed by atoms with Crippen LogP contribution in [0.2, 0.25) is 5.02 Å². The Hall–Kier alpha value is -2.22. The molecule has 0 bridgehead atoms. The molecule has 1 amide bonds.